The average molecular weight is 349 g/mol. The molecular weight excluding hydrogens is 324 g/mol. The van der Waals surface area contributed by atoms with Crippen molar-refractivity contribution in [3.63, 3.8) is 0 Å². The maximum atomic E-state index is 12.1. The highest BCUT2D eigenvalue weighted by Gasteiger charge is 2.09. The molecule has 0 saturated carbocycles. The maximum Gasteiger partial charge on any atom is 0.225 e. The molecule has 0 bridgehead atoms. The first-order valence-electron chi connectivity index (χ1n) is 7.91. The molecule has 2 aromatic carbocycles. The van der Waals surface area contributed by atoms with Gasteiger partial charge >= 0.3 is 0 Å². The third-order valence-corrected chi connectivity index (χ3v) is 3.66. The van der Waals surface area contributed by atoms with Crippen molar-refractivity contribution < 1.29 is 9.90 Å². The number of hydrogen-bond acceptors (Lipinski definition) is 3. The lowest BCUT2D eigenvalue weighted by Crippen LogP contribution is -2.30. The molecule has 0 aliphatic heterocycles. The maximum absolute atomic E-state index is 12.1. The molecule has 0 atom stereocenters. The van der Waals surface area contributed by atoms with Crippen LogP contribution in [0.2, 0.25) is 0 Å². The van der Waals surface area contributed by atoms with Crippen molar-refractivity contribution in [2.75, 3.05) is 25.0 Å². The average Bonchev–Trinajstić information content (AvgIpc) is 2.56. The van der Waals surface area contributed by atoms with Crippen LogP contribution < -0.4 is 5.32 Å². The topological polar surface area (TPSA) is 52.6 Å². The molecule has 0 radical (unpaired) electrons. The predicted octanol–water partition coefficient (Wildman–Crippen LogP) is 3.24. The summed E-state index contributed by atoms with van der Waals surface area (Å²) in [5.41, 5.74) is 3.16. The second-order valence-electron chi connectivity index (χ2n) is 5.65. The summed E-state index contributed by atoms with van der Waals surface area (Å²) in [5.74, 6) is -0.00939. The number of carbonyl (C=O) groups is 1. The number of hydrogen-bond donors (Lipinski definition) is 2. The second-order valence-corrected chi connectivity index (χ2v) is 5.65. The molecule has 5 heteroatoms. The van der Waals surface area contributed by atoms with E-state index in [1.165, 1.54) is 11.1 Å². The molecule has 0 fully saturated rings. The van der Waals surface area contributed by atoms with Crippen molar-refractivity contribution in [1.29, 1.82) is 0 Å². The van der Waals surface area contributed by atoms with Gasteiger partial charge in [0.25, 0.3) is 0 Å². The molecule has 0 spiro atoms. The quantitative estimate of drug-likeness (QED) is 0.770. The SMILES string of the molecule is Cc1ccc(NC(=O)CCN(CCO)Cc2ccccc2)cc1.Cl. The summed E-state index contributed by atoms with van der Waals surface area (Å²) < 4.78 is 0. The first kappa shape index (κ1) is 20.2. The van der Waals surface area contributed by atoms with Gasteiger partial charge < -0.3 is 10.4 Å². The number of aryl methyl sites for hydroxylation is 1. The van der Waals surface area contributed by atoms with Gasteiger partial charge in [0.2, 0.25) is 5.91 Å². The number of aliphatic hydroxyl groups is 1. The Morgan fingerprint density at radius 1 is 1.04 bits per heavy atom. The van der Waals surface area contributed by atoms with Gasteiger partial charge in [-0.15, -0.1) is 12.4 Å². The Kier molecular flexibility index (Phi) is 9.08. The number of benzene rings is 2. The minimum atomic E-state index is -0.00939. The van der Waals surface area contributed by atoms with E-state index in [1.807, 2.05) is 49.4 Å². The first-order chi connectivity index (χ1) is 11.2. The Morgan fingerprint density at radius 3 is 2.33 bits per heavy atom. The molecule has 4 nitrogen and oxygen atoms in total. The van der Waals surface area contributed by atoms with E-state index in [0.29, 0.717) is 19.5 Å². The van der Waals surface area contributed by atoms with E-state index in [0.717, 1.165) is 12.2 Å². The highest BCUT2D eigenvalue weighted by Crippen LogP contribution is 2.10. The van der Waals surface area contributed by atoms with Gasteiger partial charge in [-0.3, -0.25) is 9.69 Å². The lowest BCUT2D eigenvalue weighted by atomic mass is 10.2. The lowest BCUT2D eigenvalue weighted by Gasteiger charge is -2.21. The van der Waals surface area contributed by atoms with Crippen molar-refractivity contribution in [3.05, 3.63) is 65.7 Å². The number of rotatable bonds is 8. The van der Waals surface area contributed by atoms with E-state index in [1.54, 1.807) is 0 Å². The third kappa shape index (κ3) is 7.13. The summed E-state index contributed by atoms with van der Waals surface area (Å²) in [4.78, 5) is 14.1. The normalized spacial score (nSPS) is 10.3. The number of nitrogens with zero attached hydrogens (tertiary/aromatic N) is 1. The summed E-state index contributed by atoms with van der Waals surface area (Å²) in [6, 6.07) is 17.8. The summed E-state index contributed by atoms with van der Waals surface area (Å²) in [5, 5.41) is 12.1. The third-order valence-electron chi connectivity index (χ3n) is 3.66. The van der Waals surface area contributed by atoms with Gasteiger partial charge in [0.05, 0.1) is 6.61 Å². The smallest absolute Gasteiger partial charge is 0.225 e. The number of aliphatic hydroxyl groups excluding tert-OH is 1. The van der Waals surface area contributed by atoms with Gasteiger partial charge in [0.1, 0.15) is 0 Å². The molecule has 2 aromatic rings. The molecule has 0 aromatic heterocycles. The molecule has 0 unspecified atom stereocenters. The molecule has 130 valence electrons. The molecule has 24 heavy (non-hydrogen) atoms. The molecular formula is C19H25ClN2O2. The van der Waals surface area contributed by atoms with Gasteiger partial charge in [-0.2, -0.15) is 0 Å². The molecule has 1 amide bonds. The minimum absolute atomic E-state index is 0. The van der Waals surface area contributed by atoms with Crippen LogP contribution in [-0.4, -0.2) is 35.6 Å². The molecule has 0 aliphatic rings. The summed E-state index contributed by atoms with van der Waals surface area (Å²) in [7, 11) is 0. The summed E-state index contributed by atoms with van der Waals surface area (Å²) in [6.45, 7) is 4.02. The van der Waals surface area contributed by atoms with Crippen LogP contribution in [0.3, 0.4) is 0 Å². The number of anilines is 1. The van der Waals surface area contributed by atoms with Crippen LogP contribution in [0.4, 0.5) is 5.69 Å². The summed E-state index contributed by atoms with van der Waals surface area (Å²) >= 11 is 0. The summed E-state index contributed by atoms with van der Waals surface area (Å²) in [6.07, 6.45) is 0.403. The number of amides is 1. The van der Waals surface area contributed by atoms with Crippen molar-refractivity contribution in [3.8, 4) is 0 Å². The zero-order chi connectivity index (χ0) is 16.5. The molecule has 2 rings (SSSR count). The van der Waals surface area contributed by atoms with E-state index in [-0.39, 0.29) is 24.9 Å². The predicted molar refractivity (Wildman–Crippen MR) is 100 cm³/mol. The van der Waals surface area contributed by atoms with E-state index < -0.39 is 0 Å². The van der Waals surface area contributed by atoms with E-state index in [2.05, 4.69) is 22.3 Å². The largest absolute Gasteiger partial charge is 0.395 e. The molecule has 0 aliphatic carbocycles. The Morgan fingerprint density at radius 2 is 1.71 bits per heavy atom. The van der Waals surface area contributed by atoms with Crippen molar-refractivity contribution in [2.24, 2.45) is 0 Å². The van der Waals surface area contributed by atoms with Gasteiger partial charge in [0, 0.05) is 31.7 Å². The fraction of sp³-hybridized carbons (Fsp3) is 0.316. The van der Waals surface area contributed by atoms with Crippen molar-refractivity contribution in [1.82, 2.24) is 4.90 Å². The molecule has 2 N–H and O–H groups in total. The van der Waals surface area contributed by atoms with Crippen LogP contribution in [0.5, 0.6) is 0 Å². The van der Waals surface area contributed by atoms with Crippen molar-refractivity contribution in [2.45, 2.75) is 19.9 Å². The fourth-order valence-corrected chi connectivity index (χ4v) is 2.37. The lowest BCUT2D eigenvalue weighted by molar-refractivity contribution is -0.116. The van der Waals surface area contributed by atoms with E-state index >= 15 is 0 Å². The first-order valence-corrected chi connectivity index (χ1v) is 7.91. The fourth-order valence-electron chi connectivity index (χ4n) is 2.37. The molecule has 0 saturated heterocycles. The molecule has 0 heterocycles. The van der Waals surface area contributed by atoms with Crippen LogP contribution in [0, 0.1) is 6.92 Å². The van der Waals surface area contributed by atoms with Crippen LogP contribution in [0.1, 0.15) is 17.5 Å². The van der Waals surface area contributed by atoms with E-state index in [4.69, 9.17) is 0 Å². The Hall–Kier alpha value is -1.88. The van der Waals surface area contributed by atoms with Gasteiger partial charge in [-0.1, -0.05) is 48.0 Å². The van der Waals surface area contributed by atoms with Crippen molar-refractivity contribution >= 4 is 24.0 Å². The number of halogens is 1. The number of carbonyl (C=O) groups excluding carboxylic acids is 1. The Balaban J connectivity index is 0.00000288. The van der Waals surface area contributed by atoms with Crippen LogP contribution >= 0.6 is 12.4 Å². The van der Waals surface area contributed by atoms with Gasteiger partial charge in [-0.25, -0.2) is 0 Å². The number of nitrogens with one attached hydrogen (secondary N) is 1. The zero-order valence-corrected chi connectivity index (χ0v) is 14.8. The van der Waals surface area contributed by atoms with Crippen LogP contribution in [0.15, 0.2) is 54.6 Å². The Labute approximate surface area is 149 Å². The Bertz CT molecular complexity index is 603. The second kappa shape index (κ2) is 10.8. The zero-order valence-electron chi connectivity index (χ0n) is 13.9. The van der Waals surface area contributed by atoms with Crippen LogP contribution in [0.25, 0.3) is 0 Å². The van der Waals surface area contributed by atoms with Gasteiger partial charge in [-0.05, 0) is 24.6 Å². The highest BCUT2D eigenvalue weighted by atomic mass is 35.5. The van der Waals surface area contributed by atoms with E-state index in [9.17, 15) is 9.90 Å². The minimum Gasteiger partial charge on any atom is -0.395 e. The highest BCUT2D eigenvalue weighted by molar-refractivity contribution is 5.90. The monoisotopic (exact) mass is 348 g/mol. The standard InChI is InChI=1S/C19H24N2O2.ClH/c1-16-7-9-18(10-8-16)20-19(23)11-12-21(13-14-22)15-17-5-3-2-4-6-17;/h2-10,22H,11-15H2,1H3,(H,20,23);1H. The van der Waals surface area contributed by atoms with Gasteiger partial charge in [0.15, 0.2) is 0 Å². The van der Waals surface area contributed by atoms with Crippen LogP contribution in [-0.2, 0) is 11.3 Å².